The molecule has 0 rings (SSSR count). The number of aliphatic hydroxyl groups is 2. The van der Waals surface area contributed by atoms with Crippen molar-refractivity contribution in [2.75, 3.05) is 6.61 Å². The summed E-state index contributed by atoms with van der Waals surface area (Å²) in [4.78, 5) is 0. The Balaban J connectivity index is 3.35. The lowest BCUT2D eigenvalue weighted by Gasteiger charge is -2.13. The minimum absolute atomic E-state index is 0.0648. The molecule has 0 aromatic rings. The molecule has 0 saturated heterocycles. The van der Waals surface area contributed by atoms with E-state index in [0.717, 1.165) is 6.42 Å². The summed E-state index contributed by atoms with van der Waals surface area (Å²) >= 11 is 0. The van der Waals surface area contributed by atoms with Crippen LogP contribution in [-0.2, 0) is 0 Å². The van der Waals surface area contributed by atoms with E-state index in [0.29, 0.717) is 0 Å². The highest BCUT2D eigenvalue weighted by Crippen LogP contribution is 2.05. The lowest BCUT2D eigenvalue weighted by Crippen LogP contribution is -2.19. The number of rotatable bonds is 3. The van der Waals surface area contributed by atoms with E-state index in [1.807, 2.05) is 6.92 Å². The molecule has 0 aliphatic carbocycles. The molecule has 8 heavy (non-hydrogen) atoms. The van der Waals surface area contributed by atoms with Crippen LogP contribution in [0.1, 0.15) is 20.3 Å². The molecular weight excluding hydrogens is 104 g/mol. The molecule has 2 atom stereocenters. The second-order valence-corrected chi connectivity index (χ2v) is 2.09. The van der Waals surface area contributed by atoms with Crippen LogP contribution in [0.2, 0.25) is 0 Å². The van der Waals surface area contributed by atoms with Gasteiger partial charge in [-0.05, 0) is 13.3 Å². The topological polar surface area (TPSA) is 40.5 Å². The van der Waals surface area contributed by atoms with Crippen molar-refractivity contribution in [2.24, 2.45) is 5.92 Å². The molecule has 0 aromatic carbocycles. The largest absolute Gasteiger partial charge is 0.396 e. The average Bonchev–Trinajstić information content (AvgIpc) is 1.69. The highest BCUT2D eigenvalue weighted by atomic mass is 16.3. The van der Waals surface area contributed by atoms with Gasteiger partial charge in [-0.25, -0.2) is 0 Å². The fraction of sp³-hybridized carbons (Fsp3) is 1.00. The minimum atomic E-state index is -0.370. The van der Waals surface area contributed by atoms with Crippen molar-refractivity contribution in [2.45, 2.75) is 26.4 Å². The van der Waals surface area contributed by atoms with Crippen LogP contribution in [0, 0.1) is 5.92 Å². The van der Waals surface area contributed by atoms with Gasteiger partial charge in [0.25, 0.3) is 0 Å². The highest BCUT2D eigenvalue weighted by molar-refractivity contribution is 4.59. The first-order chi connectivity index (χ1) is 3.72. The molecule has 0 aromatic heterocycles. The molecule has 0 bridgehead atoms. The molecule has 0 aliphatic rings. The molecule has 0 heterocycles. The van der Waals surface area contributed by atoms with Crippen molar-refractivity contribution in [3.63, 3.8) is 0 Å². The SMILES string of the molecule is CCC(CO)C(C)O. The van der Waals surface area contributed by atoms with Gasteiger partial charge in [-0.15, -0.1) is 0 Å². The Morgan fingerprint density at radius 2 is 2.00 bits per heavy atom. The highest BCUT2D eigenvalue weighted by Gasteiger charge is 2.09. The average molecular weight is 118 g/mol. The fourth-order valence-electron chi connectivity index (χ4n) is 0.623. The molecule has 2 nitrogen and oxygen atoms in total. The second-order valence-electron chi connectivity index (χ2n) is 2.09. The maximum absolute atomic E-state index is 8.85. The summed E-state index contributed by atoms with van der Waals surface area (Å²) in [7, 11) is 0. The van der Waals surface area contributed by atoms with Gasteiger partial charge in [0.05, 0.1) is 6.10 Å². The first-order valence-corrected chi connectivity index (χ1v) is 3.01. The Bertz CT molecular complexity index is 48.5. The lowest BCUT2D eigenvalue weighted by atomic mass is 10.0. The predicted molar refractivity (Wildman–Crippen MR) is 32.5 cm³/mol. The fourth-order valence-corrected chi connectivity index (χ4v) is 0.623. The maximum Gasteiger partial charge on any atom is 0.0562 e. The van der Waals surface area contributed by atoms with Crippen molar-refractivity contribution in [3.8, 4) is 0 Å². The molecular formula is C6H14O2. The predicted octanol–water partition coefficient (Wildman–Crippen LogP) is 0.386. The molecule has 2 unspecified atom stereocenters. The van der Waals surface area contributed by atoms with Crippen molar-refractivity contribution in [3.05, 3.63) is 0 Å². The van der Waals surface area contributed by atoms with E-state index in [9.17, 15) is 0 Å². The zero-order chi connectivity index (χ0) is 6.57. The van der Waals surface area contributed by atoms with Crippen LogP contribution in [0.25, 0.3) is 0 Å². The van der Waals surface area contributed by atoms with Gasteiger partial charge in [-0.1, -0.05) is 6.92 Å². The van der Waals surface area contributed by atoms with Crippen LogP contribution < -0.4 is 0 Å². The zero-order valence-corrected chi connectivity index (χ0v) is 5.46. The van der Waals surface area contributed by atoms with Crippen molar-refractivity contribution < 1.29 is 10.2 Å². The molecule has 0 aliphatic heterocycles. The van der Waals surface area contributed by atoms with E-state index >= 15 is 0 Å². The standard InChI is InChI=1S/C6H14O2/c1-3-6(4-7)5(2)8/h5-8H,3-4H2,1-2H3. The smallest absolute Gasteiger partial charge is 0.0562 e. The number of aliphatic hydroxyl groups excluding tert-OH is 2. The molecule has 50 valence electrons. The molecule has 2 heteroatoms. The summed E-state index contributed by atoms with van der Waals surface area (Å²) in [6.45, 7) is 3.74. The number of hydrogen-bond acceptors (Lipinski definition) is 2. The Morgan fingerprint density at radius 1 is 1.50 bits per heavy atom. The lowest BCUT2D eigenvalue weighted by molar-refractivity contribution is 0.0787. The summed E-state index contributed by atoms with van der Waals surface area (Å²) in [6.07, 6.45) is 0.471. The van der Waals surface area contributed by atoms with E-state index in [1.165, 1.54) is 0 Å². The van der Waals surface area contributed by atoms with Crippen LogP contribution in [0.15, 0.2) is 0 Å². The van der Waals surface area contributed by atoms with E-state index in [2.05, 4.69) is 0 Å². The first kappa shape index (κ1) is 7.92. The summed E-state index contributed by atoms with van der Waals surface area (Å²) in [5.74, 6) is 0.0648. The van der Waals surface area contributed by atoms with Crippen LogP contribution in [0.4, 0.5) is 0 Å². The van der Waals surface area contributed by atoms with Crippen molar-refractivity contribution >= 4 is 0 Å². The van der Waals surface area contributed by atoms with Gasteiger partial charge in [0, 0.05) is 12.5 Å². The molecule has 0 radical (unpaired) electrons. The van der Waals surface area contributed by atoms with E-state index < -0.39 is 0 Å². The van der Waals surface area contributed by atoms with Gasteiger partial charge in [0.1, 0.15) is 0 Å². The van der Waals surface area contributed by atoms with Crippen LogP contribution >= 0.6 is 0 Å². The quantitative estimate of drug-likeness (QED) is 0.562. The summed E-state index contributed by atoms with van der Waals surface area (Å²) in [6, 6.07) is 0. The monoisotopic (exact) mass is 118 g/mol. The van der Waals surface area contributed by atoms with E-state index in [-0.39, 0.29) is 18.6 Å². The normalized spacial score (nSPS) is 18.0. The van der Waals surface area contributed by atoms with E-state index in [1.54, 1.807) is 6.92 Å². The summed E-state index contributed by atoms with van der Waals surface area (Å²) in [5, 5.41) is 17.4. The molecule has 2 N–H and O–H groups in total. The van der Waals surface area contributed by atoms with E-state index in [4.69, 9.17) is 10.2 Å². The van der Waals surface area contributed by atoms with Crippen LogP contribution in [0.5, 0.6) is 0 Å². The Labute approximate surface area is 50.2 Å². The molecule has 0 fully saturated rings. The van der Waals surface area contributed by atoms with Crippen LogP contribution in [0.3, 0.4) is 0 Å². The third kappa shape index (κ3) is 2.28. The van der Waals surface area contributed by atoms with Gasteiger partial charge in [-0.2, -0.15) is 0 Å². The molecule has 0 saturated carbocycles. The van der Waals surface area contributed by atoms with Gasteiger partial charge in [0.2, 0.25) is 0 Å². The first-order valence-electron chi connectivity index (χ1n) is 3.01. The van der Waals surface area contributed by atoms with Gasteiger partial charge >= 0.3 is 0 Å². The zero-order valence-electron chi connectivity index (χ0n) is 5.46. The minimum Gasteiger partial charge on any atom is -0.396 e. The van der Waals surface area contributed by atoms with Crippen molar-refractivity contribution in [1.29, 1.82) is 0 Å². The van der Waals surface area contributed by atoms with Gasteiger partial charge in [0.15, 0.2) is 0 Å². The Hall–Kier alpha value is -0.0800. The maximum atomic E-state index is 8.85. The molecule has 0 spiro atoms. The third-order valence-corrected chi connectivity index (χ3v) is 1.44. The molecule has 0 amide bonds. The number of hydrogen-bond donors (Lipinski definition) is 2. The third-order valence-electron chi connectivity index (χ3n) is 1.44. The summed E-state index contributed by atoms with van der Waals surface area (Å²) < 4.78 is 0. The summed E-state index contributed by atoms with van der Waals surface area (Å²) in [5.41, 5.74) is 0. The van der Waals surface area contributed by atoms with Gasteiger partial charge < -0.3 is 10.2 Å². The van der Waals surface area contributed by atoms with Crippen LogP contribution in [-0.4, -0.2) is 22.9 Å². The van der Waals surface area contributed by atoms with Gasteiger partial charge in [-0.3, -0.25) is 0 Å². The Kier molecular flexibility index (Phi) is 3.83. The second kappa shape index (κ2) is 3.87. The Morgan fingerprint density at radius 3 is 2.00 bits per heavy atom. The van der Waals surface area contributed by atoms with Crippen molar-refractivity contribution in [1.82, 2.24) is 0 Å².